The molecule has 2 fully saturated rings. The van der Waals surface area contributed by atoms with Crippen molar-refractivity contribution in [3.05, 3.63) is 35.9 Å². The second-order valence-corrected chi connectivity index (χ2v) is 8.34. The topological polar surface area (TPSA) is 49.9 Å². The number of benzene rings is 1. The molecule has 5 nitrogen and oxygen atoms in total. The number of sulfonamides is 1. The van der Waals surface area contributed by atoms with Gasteiger partial charge in [-0.25, -0.2) is 8.42 Å². The van der Waals surface area contributed by atoms with Gasteiger partial charge in [0.25, 0.3) is 0 Å². The highest BCUT2D eigenvalue weighted by atomic mass is 32.2. The van der Waals surface area contributed by atoms with Crippen LogP contribution in [0.25, 0.3) is 0 Å². The molecule has 0 unspecified atom stereocenters. The minimum absolute atomic E-state index is 0.105. The molecule has 0 bridgehead atoms. The summed E-state index contributed by atoms with van der Waals surface area (Å²) in [5.74, 6) is 0.105. The molecule has 0 N–H and O–H groups in total. The zero-order chi connectivity index (χ0) is 16.1. The first-order valence-corrected chi connectivity index (χ1v) is 10.1. The van der Waals surface area contributed by atoms with Crippen LogP contribution in [0.5, 0.6) is 0 Å². The van der Waals surface area contributed by atoms with E-state index in [1.54, 1.807) is 4.31 Å². The Hall–Kier alpha value is -0.950. The summed E-state index contributed by atoms with van der Waals surface area (Å²) in [6.07, 6.45) is 3.05. The average molecular weight is 338 g/mol. The Balaban J connectivity index is 1.69. The van der Waals surface area contributed by atoms with Gasteiger partial charge in [-0.2, -0.15) is 4.31 Å². The minimum atomic E-state index is -3.26. The van der Waals surface area contributed by atoms with E-state index in [1.807, 2.05) is 30.3 Å². The third-order valence-corrected chi connectivity index (χ3v) is 6.59. The summed E-state index contributed by atoms with van der Waals surface area (Å²) in [5, 5.41) is 0. The van der Waals surface area contributed by atoms with Crippen LogP contribution in [-0.4, -0.2) is 63.1 Å². The molecule has 1 aromatic carbocycles. The fourth-order valence-electron chi connectivity index (χ4n) is 3.47. The number of morpholine rings is 1. The molecule has 0 aromatic heterocycles. The Kier molecular flexibility index (Phi) is 5.69. The first-order chi connectivity index (χ1) is 11.1. The zero-order valence-corrected chi connectivity index (χ0v) is 14.4. The Morgan fingerprint density at radius 1 is 1.04 bits per heavy atom. The molecule has 6 heteroatoms. The van der Waals surface area contributed by atoms with Crippen LogP contribution in [0.1, 0.15) is 24.8 Å². The predicted octanol–water partition coefficient (Wildman–Crippen LogP) is 1.70. The van der Waals surface area contributed by atoms with E-state index in [4.69, 9.17) is 4.74 Å². The smallest absolute Gasteiger partial charge is 0.218 e. The predicted molar refractivity (Wildman–Crippen MR) is 90.7 cm³/mol. The van der Waals surface area contributed by atoms with Crippen LogP contribution < -0.4 is 0 Å². The van der Waals surface area contributed by atoms with Crippen LogP contribution >= 0.6 is 0 Å². The molecule has 0 spiro atoms. The van der Waals surface area contributed by atoms with E-state index in [9.17, 15) is 8.42 Å². The third kappa shape index (κ3) is 4.53. The first kappa shape index (κ1) is 16.9. The number of nitrogens with zero attached hydrogens (tertiary/aromatic N) is 2. The van der Waals surface area contributed by atoms with Gasteiger partial charge in [0.1, 0.15) is 0 Å². The molecule has 2 aliphatic heterocycles. The lowest BCUT2D eigenvalue weighted by Crippen LogP contribution is -2.51. The molecule has 2 aliphatic rings. The molecule has 128 valence electrons. The molecule has 1 atom stereocenters. The summed E-state index contributed by atoms with van der Waals surface area (Å²) in [7, 11) is -3.26. The third-order valence-electron chi connectivity index (χ3n) is 4.69. The van der Waals surface area contributed by atoms with Crippen molar-refractivity contribution in [1.82, 2.24) is 9.21 Å². The molecule has 2 heterocycles. The number of hydrogen-bond acceptors (Lipinski definition) is 4. The fourth-order valence-corrected chi connectivity index (χ4v) is 5.29. The summed E-state index contributed by atoms with van der Waals surface area (Å²) < 4.78 is 32.9. The van der Waals surface area contributed by atoms with Gasteiger partial charge < -0.3 is 4.74 Å². The van der Waals surface area contributed by atoms with E-state index in [2.05, 4.69) is 4.90 Å². The highest BCUT2D eigenvalue weighted by molar-refractivity contribution is 7.88. The van der Waals surface area contributed by atoms with Crippen LogP contribution in [0, 0.1) is 0 Å². The van der Waals surface area contributed by atoms with E-state index in [1.165, 1.54) is 0 Å². The molecule has 0 radical (unpaired) electrons. The fraction of sp³-hybridized carbons (Fsp3) is 0.647. The van der Waals surface area contributed by atoms with Crippen molar-refractivity contribution in [2.75, 3.05) is 39.4 Å². The van der Waals surface area contributed by atoms with Crippen LogP contribution in [0.3, 0.4) is 0 Å². The van der Waals surface area contributed by atoms with Crippen molar-refractivity contribution in [2.45, 2.75) is 31.1 Å². The van der Waals surface area contributed by atoms with Gasteiger partial charge in [-0.1, -0.05) is 36.8 Å². The molecule has 3 rings (SSSR count). The van der Waals surface area contributed by atoms with Gasteiger partial charge >= 0.3 is 0 Å². The molecule has 1 aromatic rings. The Morgan fingerprint density at radius 2 is 1.78 bits per heavy atom. The number of ether oxygens (including phenoxy) is 1. The maximum atomic E-state index is 12.9. The van der Waals surface area contributed by atoms with Crippen LogP contribution in [0.2, 0.25) is 0 Å². The lowest BCUT2D eigenvalue weighted by Gasteiger charge is -2.38. The molecule has 0 aliphatic carbocycles. The van der Waals surface area contributed by atoms with Crippen molar-refractivity contribution >= 4 is 10.0 Å². The summed E-state index contributed by atoms with van der Waals surface area (Å²) >= 11 is 0. The minimum Gasteiger partial charge on any atom is -0.379 e. The lowest BCUT2D eigenvalue weighted by atomic mass is 10.0. The molecular formula is C17H26N2O3S. The van der Waals surface area contributed by atoms with E-state index in [-0.39, 0.29) is 11.8 Å². The van der Waals surface area contributed by atoms with Gasteiger partial charge in [-0.05, 0) is 18.4 Å². The highest BCUT2D eigenvalue weighted by Crippen LogP contribution is 2.24. The van der Waals surface area contributed by atoms with Gasteiger partial charge in [0, 0.05) is 32.2 Å². The zero-order valence-electron chi connectivity index (χ0n) is 13.6. The quantitative estimate of drug-likeness (QED) is 0.820. The molecule has 23 heavy (non-hydrogen) atoms. The second kappa shape index (κ2) is 7.75. The largest absolute Gasteiger partial charge is 0.379 e. The van der Waals surface area contributed by atoms with E-state index in [0.29, 0.717) is 6.54 Å². The first-order valence-electron chi connectivity index (χ1n) is 8.49. The molecule has 0 amide bonds. The van der Waals surface area contributed by atoms with Gasteiger partial charge in [-0.3, -0.25) is 4.90 Å². The van der Waals surface area contributed by atoms with Gasteiger partial charge in [-0.15, -0.1) is 0 Å². The summed E-state index contributed by atoms with van der Waals surface area (Å²) in [5.41, 5.74) is 0.864. The normalized spacial score (nSPS) is 24.6. The van der Waals surface area contributed by atoms with Crippen molar-refractivity contribution in [3.63, 3.8) is 0 Å². The van der Waals surface area contributed by atoms with Crippen molar-refractivity contribution in [3.8, 4) is 0 Å². The van der Waals surface area contributed by atoms with Crippen LogP contribution in [-0.2, 0) is 20.5 Å². The van der Waals surface area contributed by atoms with Gasteiger partial charge in [0.2, 0.25) is 10.0 Å². The second-order valence-electron chi connectivity index (χ2n) is 6.42. The highest BCUT2D eigenvalue weighted by Gasteiger charge is 2.33. The van der Waals surface area contributed by atoms with E-state index >= 15 is 0 Å². The lowest BCUT2D eigenvalue weighted by molar-refractivity contribution is 0.0262. The van der Waals surface area contributed by atoms with Crippen molar-refractivity contribution in [1.29, 1.82) is 0 Å². The summed E-state index contributed by atoms with van der Waals surface area (Å²) in [6, 6.07) is 9.59. The number of piperidine rings is 1. The van der Waals surface area contributed by atoms with Crippen LogP contribution in [0.4, 0.5) is 0 Å². The van der Waals surface area contributed by atoms with Crippen LogP contribution in [0.15, 0.2) is 30.3 Å². The number of rotatable bonds is 5. The SMILES string of the molecule is O=S(=O)(Cc1ccccc1)N1CCCC[C@H]1CN1CCOCC1. The Labute approximate surface area is 139 Å². The average Bonchev–Trinajstić information content (AvgIpc) is 2.57. The van der Waals surface area contributed by atoms with Crippen molar-refractivity contribution in [2.24, 2.45) is 0 Å². The monoisotopic (exact) mass is 338 g/mol. The molecular weight excluding hydrogens is 312 g/mol. The molecule has 2 saturated heterocycles. The number of hydrogen-bond donors (Lipinski definition) is 0. The maximum absolute atomic E-state index is 12.9. The maximum Gasteiger partial charge on any atom is 0.218 e. The Morgan fingerprint density at radius 3 is 2.52 bits per heavy atom. The standard InChI is InChI=1S/C17H26N2O3S/c20-23(21,15-16-6-2-1-3-7-16)19-9-5-4-8-17(19)14-18-10-12-22-13-11-18/h1-3,6-7,17H,4-5,8-15H2/t17-/m0/s1. The van der Waals surface area contributed by atoms with Gasteiger partial charge in [0.05, 0.1) is 19.0 Å². The summed E-state index contributed by atoms with van der Waals surface area (Å²) in [6.45, 7) is 4.81. The van der Waals surface area contributed by atoms with E-state index in [0.717, 1.165) is 57.7 Å². The molecule has 0 saturated carbocycles. The van der Waals surface area contributed by atoms with E-state index < -0.39 is 10.0 Å². The van der Waals surface area contributed by atoms with Gasteiger partial charge in [0.15, 0.2) is 0 Å². The van der Waals surface area contributed by atoms with Crippen molar-refractivity contribution < 1.29 is 13.2 Å². The summed E-state index contributed by atoms with van der Waals surface area (Å²) in [4.78, 5) is 2.34. The Bertz CT molecular complexity index is 585.